The van der Waals surface area contributed by atoms with Crippen molar-refractivity contribution in [3.8, 4) is 0 Å². The first-order chi connectivity index (χ1) is 8.57. The molecule has 0 atom stereocenters. The predicted octanol–water partition coefficient (Wildman–Crippen LogP) is 3.19. The van der Waals surface area contributed by atoms with Crippen LogP contribution in [0, 0.1) is 0 Å². The molecule has 3 nitrogen and oxygen atoms in total. The van der Waals surface area contributed by atoms with Gasteiger partial charge in [-0.1, -0.05) is 0 Å². The molecule has 0 unspecified atom stereocenters. The molecule has 0 aliphatic carbocycles. The van der Waals surface area contributed by atoms with Crippen molar-refractivity contribution < 1.29 is 18.0 Å². The first-order valence-corrected chi connectivity index (χ1v) is 6.31. The molecule has 0 spiro atoms. The smallest absolute Gasteiger partial charge is 0.350 e. The van der Waals surface area contributed by atoms with Gasteiger partial charge in [-0.3, -0.25) is 4.79 Å². The maximum absolute atomic E-state index is 12.1. The van der Waals surface area contributed by atoms with Gasteiger partial charge in [-0.05, 0) is 49.9 Å². The molecule has 1 amide bonds. The molecule has 0 saturated heterocycles. The summed E-state index contributed by atoms with van der Waals surface area (Å²) in [5, 5.41) is 2.61. The highest BCUT2D eigenvalue weighted by molar-refractivity contribution is 8.00. The van der Waals surface area contributed by atoms with Crippen LogP contribution in [0.4, 0.5) is 13.2 Å². The molecule has 0 fully saturated rings. The topological polar surface area (TPSA) is 55.1 Å². The van der Waals surface area contributed by atoms with Crippen molar-refractivity contribution >= 4 is 30.1 Å². The Hall–Kier alpha value is -0.920. The molecule has 0 bridgehead atoms. The van der Waals surface area contributed by atoms with E-state index in [9.17, 15) is 18.0 Å². The number of nitrogens with two attached hydrogens (primary N) is 1. The molecule has 0 aliphatic rings. The second-order valence-electron chi connectivity index (χ2n) is 4.74. The first-order valence-electron chi connectivity index (χ1n) is 5.50. The van der Waals surface area contributed by atoms with Crippen LogP contribution in [0.3, 0.4) is 0 Å². The van der Waals surface area contributed by atoms with Crippen molar-refractivity contribution in [3.63, 3.8) is 0 Å². The molecule has 0 heterocycles. The predicted molar refractivity (Wildman–Crippen MR) is 76.2 cm³/mol. The van der Waals surface area contributed by atoms with Gasteiger partial charge in [0.2, 0.25) is 0 Å². The minimum Gasteiger partial charge on any atom is -0.350 e. The van der Waals surface area contributed by atoms with Crippen LogP contribution >= 0.6 is 24.2 Å². The number of rotatable bonds is 4. The number of benzene rings is 1. The number of carbonyl (C=O) groups is 1. The van der Waals surface area contributed by atoms with Crippen molar-refractivity contribution in [2.45, 2.75) is 29.8 Å². The second kappa shape index (κ2) is 7.19. The van der Waals surface area contributed by atoms with Gasteiger partial charge < -0.3 is 11.1 Å². The van der Waals surface area contributed by atoms with Gasteiger partial charge in [0.25, 0.3) is 5.91 Å². The molecule has 8 heteroatoms. The van der Waals surface area contributed by atoms with Crippen molar-refractivity contribution in [1.29, 1.82) is 0 Å². The number of amides is 1. The molecule has 20 heavy (non-hydrogen) atoms. The Morgan fingerprint density at radius 3 is 2.15 bits per heavy atom. The second-order valence-corrected chi connectivity index (χ2v) is 5.88. The van der Waals surface area contributed by atoms with E-state index in [1.807, 2.05) is 0 Å². The summed E-state index contributed by atoms with van der Waals surface area (Å²) in [5.74, 6) is -0.359. The Kier molecular flexibility index (Phi) is 6.86. The normalized spacial score (nSPS) is 11.7. The number of carbonyl (C=O) groups excluding carboxylic acids is 1. The lowest BCUT2D eigenvalue weighted by atomic mass is 10.1. The zero-order chi connectivity index (χ0) is 14.7. The van der Waals surface area contributed by atoms with Gasteiger partial charge >= 0.3 is 5.51 Å². The maximum Gasteiger partial charge on any atom is 0.446 e. The third-order valence-corrected chi connectivity index (χ3v) is 2.79. The lowest BCUT2D eigenvalue weighted by molar-refractivity contribution is -0.0328. The van der Waals surface area contributed by atoms with Crippen LogP contribution in [0.15, 0.2) is 29.2 Å². The molecule has 0 aromatic heterocycles. The van der Waals surface area contributed by atoms with Gasteiger partial charge in [0.05, 0.1) is 0 Å². The van der Waals surface area contributed by atoms with Crippen LogP contribution in [0.25, 0.3) is 0 Å². The van der Waals surface area contributed by atoms with Gasteiger partial charge in [0.1, 0.15) is 0 Å². The molecule has 0 radical (unpaired) electrons. The monoisotopic (exact) mass is 328 g/mol. The molecule has 0 aliphatic heterocycles. The van der Waals surface area contributed by atoms with Gasteiger partial charge in [-0.2, -0.15) is 13.2 Å². The van der Waals surface area contributed by atoms with Crippen LogP contribution < -0.4 is 11.1 Å². The molecular weight excluding hydrogens is 313 g/mol. The Morgan fingerprint density at radius 2 is 1.75 bits per heavy atom. The zero-order valence-electron chi connectivity index (χ0n) is 11.0. The van der Waals surface area contributed by atoms with Crippen molar-refractivity contribution in [3.05, 3.63) is 29.8 Å². The van der Waals surface area contributed by atoms with Crippen LogP contribution in [0.2, 0.25) is 0 Å². The molecule has 3 N–H and O–H groups in total. The van der Waals surface area contributed by atoms with E-state index in [-0.39, 0.29) is 41.5 Å². The third-order valence-electron chi connectivity index (χ3n) is 2.05. The zero-order valence-corrected chi connectivity index (χ0v) is 12.6. The Morgan fingerprint density at radius 1 is 1.25 bits per heavy atom. The summed E-state index contributed by atoms with van der Waals surface area (Å²) in [7, 11) is 0. The minimum atomic E-state index is -4.33. The molecular formula is C12H16ClF3N2OS. The number of thioether (sulfide) groups is 1. The molecule has 1 aromatic carbocycles. The largest absolute Gasteiger partial charge is 0.446 e. The molecule has 0 saturated carbocycles. The number of nitrogens with one attached hydrogen (secondary N) is 1. The van der Waals surface area contributed by atoms with E-state index < -0.39 is 11.0 Å². The fourth-order valence-corrected chi connectivity index (χ4v) is 1.76. The van der Waals surface area contributed by atoms with Crippen LogP contribution in [0.5, 0.6) is 0 Å². The lowest BCUT2D eigenvalue weighted by Gasteiger charge is -2.18. The van der Waals surface area contributed by atoms with Crippen LogP contribution in [-0.2, 0) is 0 Å². The average molecular weight is 329 g/mol. The van der Waals surface area contributed by atoms with Crippen molar-refractivity contribution in [1.82, 2.24) is 5.32 Å². The van der Waals surface area contributed by atoms with Gasteiger partial charge in [-0.15, -0.1) is 12.4 Å². The Bertz CT molecular complexity index is 444. The molecule has 1 aromatic rings. The van der Waals surface area contributed by atoms with Gasteiger partial charge in [-0.25, -0.2) is 0 Å². The quantitative estimate of drug-likeness (QED) is 0.835. The number of alkyl halides is 3. The molecule has 114 valence electrons. The average Bonchev–Trinajstić information content (AvgIpc) is 2.23. The maximum atomic E-state index is 12.1. The lowest BCUT2D eigenvalue weighted by Crippen LogP contribution is -2.45. The first kappa shape index (κ1) is 19.1. The highest BCUT2D eigenvalue weighted by atomic mass is 35.5. The number of hydrogen-bond acceptors (Lipinski definition) is 3. The fourth-order valence-electron chi connectivity index (χ4n) is 1.22. The van der Waals surface area contributed by atoms with E-state index in [0.29, 0.717) is 5.56 Å². The van der Waals surface area contributed by atoms with Crippen LogP contribution in [-0.4, -0.2) is 23.5 Å². The summed E-state index contributed by atoms with van der Waals surface area (Å²) >= 11 is -0.213. The van der Waals surface area contributed by atoms with Crippen LogP contribution in [0.1, 0.15) is 24.2 Å². The SMILES string of the molecule is CC(C)(N)CNC(=O)c1ccc(SC(F)(F)F)cc1.Cl. The highest BCUT2D eigenvalue weighted by Gasteiger charge is 2.29. The number of halogens is 4. The van der Waals surface area contributed by atoms with E-state index in [1.165, 1.54) is 24.3 Å². The minimum absolute atomic E-state index is 0. The summed E-state index contributed by atoms with van der Waals surface area (Å²) in [6, 6.07) is 5.24. The standard InChI is InChI=1S/C12H15F3N2OS.ClH/c1-11(2,16)7-17-10(18)8-3-5-9(6-4-8)19-12(13,14)15;/h3-6H,7,16H2,1-2H3,(H,17,18);1H. The van der Waals surface area contributed by atoms with Crippen molar-refractivity contribution in [2.75, 3.05) is 6.54 Å². The summed E-state index contributed by atoms with van der Waals surface area (Å²) in [6.07, 6.45) is 0. The summed E-state index contributed by atoms with van der Waals surface area (Å²) in [4.78, 5) is 11.7. The Labute approximate surface area is 125 Å². The summed E-state index contributed by atoms with van der Waals surface area (Å²) in [5.41, 5.74) is 1.15. The fraction of sp³-hybridized carbons (Fsp3) is 0.417. The molecule has 1 rings (SSSR count). The number of hydrogen-bond donors (Lipinski definition) is 2. The van der Waals surface area contributed by atoms with E-state index in [2.05, 4.69) is 5.32 Å². The Balaban J connectivity index is 0.00000361. The van der Waals surface area contributed by atoms with E-state index in [0.717, 1.165) is 0 Å². The third kappa shape index (κ3) is 7.62. The van der Waals surface area contributed by atoms with E-state index >= 15 is 0 Å². The summed E-state index contributed by atoms with van der Waals surface area (Å²) in [6.45, 7) is 3.80. The van der Waals surface area contributed by atoms with Gasteiger partial charge in [0.15, 0.2) is 0 Å². The summed E-state index contributed by atoms with van der Waals surface area (Å²) < 4.78 is 36.4. The van der Waals surface area contributed by atoms with Crippen molar-refractivity contribution in [2.24, 2.45) is 5.73 Å². The van der Waals surface area contributed by atoms with Gasteiger partial charge in [0, 0.05) is 22.5 Å². The highest BCUT2D eigenvalue weighted by Crippen LogP contribution is 2.36. The van der Waals surface area contributed by atoms with E-state index in [1.54, 1.807) is 13.8 Å². The van der Waals surface area contributed by atoms with E-state index in [4.69, 9.17) is 5.73 Å².